The first-order valence-electron chi connectivity index (χ1n) is 6.22. The van der Waals surface area contributed by atoms with Crippen LogP contribution in [0.1, 0.15) is 0 Å². The summed E-state index contributed by atoms with van der Waals surface area (Å²) in [6.45, 7) is 0. The van der Waals surface area contributed by atoms with Gasteiger partial charge in [0.15, 0.2) is 10.1 Å². The lowest BCUT2D eigenvalue weighted by atomic mass is 10.2. The Kier molecular flexibility index (Phi) is 5.65. The van der Waals surface area contributed by atoms with Gasteiger partial charge in [0.05, 0.1) is 5.02 Å². The Morgan fingerprint density at radius 1 is 0.955 bits per heavy atom. The van der Waals surface area contributed by atoms with Crippen molar-refractivity contribution in [3.8, 4) is 11.3 Å². The molecule has 0 saturated heterocycles. The summed E-state index contributed by atoms with van der Waals surface area (Å²) in [6, 6.07) is 17.0. The highest BCUT2D eigenvalue weighted by atomic mass is 79.9. The van der Waals surface area contributed by atoms with Gasteiger partial charge in [-0.2, -0.15) is 0 Å². The van der Waals surface area contributed by atoms with Crippen LogP contribution in [0.3, 0.4) is 0 Å². The molecule has 0 amide bonds. The van der Waals surface area contributed by atoms with Crippen LogP contribution >= 0.6 is 39.9 Å². The number of benzene rings is 2. The zero-order valence-corrected chi connectivity index (χ0v) is 14.6. The van der Waals surface area contributed by atoms with E-state index in [4.69, 9.17) is 17.3 Å². The Morgan fingerprint density at radius 2 is 1.64 bits per heavy atom. The predicted molar refractivity (Wildman–Crippen MR) is 97.9 cm³/mol. The lowest BCUT2D eigenvalue weighted by Gasteiger charge is -1.97. The predicted octanol–water partition coefficient (Wildman–Crippen LogP) is 6.04. The number of nitrogens with zero attached hydrogens (tertiary/aromatic N) is 3. The molecule has 112 valence electrons. The molecule has 22 heavy (non-hydrogen) atoms. The van der Waals surface area contributed by atoms with Crippen molar-refractivity contribution in [1.29, 1.82) is 0 Å². The summed E-state index contributed by atoms with van der Waals surface area (Å²) < 4.78 is 0. The number of aromatic nitrogens is 1. The maximum absolute atomic E-state index is 6.06. The van der Waals surface area contributed by atoms with Gasteiger partial charge < -0.3 is 5.73 Å². The third-order valence-corrected chi connectivity index (χ3v) is 3.86. The normalized spacial score (nSPS) is 10.6. The second-order valence-electron chi connectivity index (χ2n) is 4.22. The number of hydrogen-bond donors (Lipinski definition) is 1. The van der Waals surface area contributed by atoms with Gasteiger partial charge in [-0.15, -0.1) is 27.2 Å². The highest BCUT2D eigenvalue weighted by Gasteiger charge is 2.11. The molecule has 3 rings (SSSR count). The van der Waals surface area contributed by atoms with E-state index < -0.39 is 0 Å². The molecule has 1 heterocycles. The molecule has 0 saturated carbocycles. The lowest BCUT2D eigenvalue weighted by Crippen LogP contribution is -1.82. The summed E-state index contributed by atoms with van der Waals surface area (Å²) in [5.74, 6) is 0. The Morgan fingerprint density at radius 3 is 2.36 bits per heavy atom. The molecule has 0 radical (unpaired) electrons. The van der Waals surface area contributed by atoms with E-state index in [1.807, 2.05) is 42.5 Å². The van der Waals surface area contributed by atoms with Crippen molar-refractivity contribution in [3.05, 3.63) is 59.6 Å². The van der Waals surface area contributed by atoms with Gasteiger partial charge in [0.25, 0.3) is 0 Å². The molecular formula is C15H12BrClN4S. The van der Waals surface area contributed by atoms with E-state index in [9.17, 15) is 0 Å². The van der Waals surface area contributed by atoms with Crippen molar-refractivity contribution in [2.45, 2.75) is 0 Å². The van der Waals surface area contributed by atoms with Crippen LogP contribution in [0.2, 0.25) is 5.02 Å². The molecule has 0 spiro atoms. The minimum absolute atomic E-state index is 0. The molecule has 3 aromatic rings. The zero-order chi connectivity index (χ0) is 14.7. The number of thiazole rings is 1. The van der Waals surface area contributed by atoms with Gasteiger partial charge in [-0.05, 0) is 12.1 Å². The average molecular weight is 396 g/mol. The number of hydrogen-bond acceptors (Lipinski definition) is 5. The molecule has 0 unspecified atom stereocenters. The maximum atomic E-state index is 6.06. The molecule has 7 heteroatoms. The minimum atomic E-state index is 0. The van der Waals surface area contributed by atoms with Crippen LogP contribution in [0.5, 0.6) is 0 Å². The maximum Gasteiger partial charge on any atom is 0.182 e. The molecule has 0 aliphatic carbocycles. The number of azo groups is 1. The summed E-state index contributed by atoms with van der Waals surface area (Å²) in [5.41, 5.74) is 8.10. The SMILES string of the molecule is Br.Nc1nc(-c2ccccc2)c(N=Nc2ccccc2Cl)s1. The second-order valence-corrected chi connectivity index (χ2v) is 5.64. The minimum Gasteiger partial charge on any atom is -0.375 e. The number of rotatable bonds is 3. The van der Waals surface area contributed by atoms with Crippen LogP contribution in [-0.2, 0) is 0 Å². The van der Waals surface area contributed by atoms with Gasteiger partial charge in [-0.3, -0.25) is 0 Å². The molecule has 2 N–H and O–H groups in total. The molecule has 2 aromatic carbocycles. The van der Waals surface area contributed by atoms with Crippen LogP contribution in [0.4, 0.5) is 15.8 Å². The van der Waals surface area contributed by atoms with Gasteiger partial charge in [-0.25, -0.2) is 4.98 Å². The number of anilines is 1. The summed E-state index contributed by atoms with van der Waals surface area (Å²) in [5, 5.41) is 10.1. The van der Waals surface area contributed by atoms with Crippen molar-refractivity contribution in [2.75, 3.05) is 5.73 Å². The Hall–Kier alpha value is -1.76. The molecule has 4 nitrogen and oxygen atoms in total. The molecule has 0 atom stereocenters. The van der Waals surface area contributed by atoms with Crippen molar-refractivity contribution in [1.82, 2.24) is 4.98 Å². The smallest absolute Gasteiger partial charge is 0.182 e. The first-order valence-corrected chi connectivity index (χ1v) is 7.41. The highest BCUT2D eigenvalue weighted by Crippen LogP contribution is 2.38. The summed E-state index contributed by atoms with van der Waals surface area (Å²) in [4.78, 5) is 4.33. The third kappa shape index (κ3) is 3.71. The molecule has 0 aliphatic rings. The van der Waals surface area contributed by atoms with E-state index in [1.165, 1.54) is 11.3 Å². The summed E-state index contributed by atoms with van der Waals surface area (Å²) in [7, 11) is 0. The van der Waals surface area contributed by atoms with Crippen molar-refractivity contribution < 1.29 is 0 Å². The zero-order valence-electron chi connectivity index (χ0n) is 11.3. The molecule has 0 bridgehead atoms. The van der Waals surface area contributed by atoms with Gasteiger partial charge in [0, 0.05) is 5.56 Å². The number of nitrogen functional groups attached to an aromatic ring is 1. The van der Waals surface area contributed by atoms with E-state index in [2.05, 4.69) is 15.2 Å². The van der Waals surface area contributed by atoms with E-state index in [1.54, 1.807) is 12.1 Å². The fourth-order valence-electron chi connectivity index (χ4n) is 1.81. The molecule has 0 fully saturated rings. The first-order chi connectivity index (χ1) is 10.2. The average Bonchev–Trinajstić information content (AvgIpc) is 2.88. The topological polar surface area (TPSA) is 63.6 Å². The fraction of sp³-hybridized carbons (Fsp3) is 0. The van der Waals surface area contributed by atoms with Crippen LogP contribution in [0.15, 0.2) is 64.8 Å². The fourth-order valence-corrected chi connectivity index (χ4v) is 2.66. The van der Waals surface area contributed by atoms with Gasteiger partial charge in [-0.1, -0.05) is 65.4 Å². The summed E-state index contributed by atoms with van der Waals surface area (Å²) in [6.07, 6.45) is 0. The Bertz CT molecular complexity index is 789. The highest BCUT2D eigenvalue weighted by molar-refractivity contribution is 8.93. The van der Waals surface area contributed by atoms with Crippen LogP contribution in [-0.4, -0.2) is 4.98 Å². The van der Waals surface area contributed by atoms with E-state index >= 15 is 0 Å². The monoisotopic (exact) mass is 394 g/mol. The van der Waals surface area contributed by atoms with E-state index in [-0.39, 0.29) is 17.0 Å². The third-order valence-electron chi connectivity index (χ3n) is 2.77. The van der Waals surface area contributed by atoms with E-state index in [0.717, 1.165) is 11.3 Å². The largest absolute Gasteiger partial charge is 0.375 e. The lowest BCUT2D eigenvalue weighted by molar-refractivity contribution is 1.24. The van der Waals surface area contributed by atoms with Gasteiger partial charge in [0.1, 0.15) is 11.4 Å². The first kappa shape index (κ1) is 16.6. The van der Waals surface area contributed by atoms with Gasteiger partial charge in [0.2, 0.25) is 0 Å². The molecular weight excluding hydrogens is 384 g/mol. The second kappa shape index (κ2) is 7.49. The Labute approximate surface area is 147 Å². The van der Waals surface area contributed by atoms with Crippen LogP contribution in [0.25, 0.3) is 11.3 Å². The van der Waals surface area contributed by atoms with E-state index in [0.29, 0.717) is 20.8 Å². The number of nitrogens with two attached hydrogens (primary N) is 1. The number of halogens is 2. The molecule has 0 aliphatic heterocycles. The van der Waals surface area contributed by atoms with Crippen molar-refractivity contribution in [3.63, 3.8) is 0 Å². The van der Waals surface area contributed by atoms with Crippen molar-refractivity contribution in [2.24, 2.45) is 10.2 Å². The van der Waals surface area contributed by atoms with Crippen LogP contribution in [0, 0.1) is 0 Å². The summed E-state index contributed by atoms with van der Waals surface area (Å²) >= 11 is 7.36. The van der Waals surface area contributed by atoms with Gasteiger partial charge >= 0.3 is 0 Å². The standard InChI is InChI=1S/C15H11ClN4S.BrH/c16-11-8-4-5-9-12(11)19-20-14-13(18-15(17)21-14)10-6-2-1-3-7-10;/h1-9H,(H2,17,18);1H. The van der Waals surface area contributed by atoms with Crippen LogP contribution < -0.4 is 5.73 Å². The Balaban J connectivity index is 0.00000176. The molecule has 1 aromatic heterocycles. The van der Waals surface area contributed by atoms with Crippen molar-refractivity contribution >= 4 is 55.7 Å². The quantitative estimate of drug-likeness (QED) is 0.549.